The van der Waals surface area contributed by atoms with Crippen LogP contribution in [0.3, 0.4) is 0 Å². The largest absolute Gasteiger partial charge is 0.345 e. The highest BCUT2D eigenvalue weighted by Gasteiger charge is 2.58. The van der Waals surface area contributed by atoms with E-state index >= 15 is 0 Å². The van der Waals surface area contributed by atoms with E-state index in [1.165, 1.54) is 0 Å². The first kappa shape index (κ1) is 16.7. The summed E-state index contributed by atoms with van der Waals surface area (Å²) in [6.07, 6.45) is 4.35. The van der Waals surface area contributed by atoms with E-state index in [-0.39, 0.29) is 11.9 Å². The summed E-state index contributed by atoms with van der Waals surface area (Å²) in [6, 6.07) is 7.46. The minimum absolute atomic E-state index is 0.0321. The number of anilines is 1. The summed E-state index contributed by atoms with van der Waals surface area (Å²) in [4.78, 5) is 33.8. The van der Waals surface area contributed by atoms with Crippen LogP contribution in [-0.4, -0.2) is 41.7 Å². The van der Waals surface area contributed by atoms with E-state index in [4.69, 9.17) is 0 Å². The molecule has 1 atom stereocenters. The number of nitrogens with zero attached hydrogens (tertiary/aromatic N) is 3. The molecule has 0 fully saturated rings. The Bertz CT molecular complexity index is 698. The fourth-order valence-electron chi connectivity index (χ4n) is 3.79. The minimum Gasteiger partial charge on any atom is -0.312 e. The number of amides is 3. The molecule has 1 unspecified atom stereocenters. The van der Waals surface area contributed by atoms with E-state index in [9.17, 15) is 9.59 Å². The molecule has 2 heterocycles. The summed E-state index contributed by atoms with van der Waals surface area (Å²) in [5.41, 5.74) is 1.46. The molecule has 1 aromatic rings. The third-order valence-corrected chi connectivity index (χ3v) is 5.10. The van der Waals surface area contributed by atoms with Crippen molar-refractivity contribution >= 4 is 23.3 Å². The molecule has 3 amide bonds. The van der Waals surface area contributed by atoms with E-state index in [0.29, 0.717) is 18.7 Å². The molecule has 0 aliphatic carbocycles. The average molecular weight is 327 g/mol. The molecule has 5 nitrogen and oxygen atoms in total. The van der Waals surface area contributed by atoms with Crippen LogP contribution in [0.1, 0.15) is 51.5 Å². The molecular weight excluding hydrogens is 302 g/mol. The second-order valence-electron chi connectivity index (χ2n) is 6.59. The number of carbonyl (C=O) groups is 2. The third-order valence-electron chi connectivity index (χ3n) is 5.10. The Morgan fingerprint density at radius 1 is 1.08 bits per heavy atom. The maximum absolute atomic E-state index is 13.4. The van der Waals surface area contributed by atoms with Crippen LogP contribution < -0.4 is 4.90 Å². The average Bonchev–Trinajstić information content (AvgIpc) is 2.89. The first-order valence-electron chi connectivity index (χ1n) is 8.86. The molecule has 24 heavy (non-hydrogen) atoms. The van der Waals surface area contributed by atoms with E-state index in [0.717, 1.165) is 36.9 Å². The molecule has 0 aromatic heterocycles. The summed E-state index contributed by atoms with van der Waals surface area (Å²) in [5, 5.41) is 0. The van der Waals surface area contributed by atoms with E-state index in [2.05, 4.69) is 18.8 Å². The van der Waals surface area contributed by atoms with Crippen molar-refractivity contribution in [2.75, 3.05) is 18.5 Å². The Kier molecular flexibility index (Phi) is 4.43. The van der Waals surface area contributed by atoms with Crippen LogP contribution in [0.4, 0.5) is 10.5 Å². The number of hydrogen-bond acceptors (Lipinski definition) is 2. The molecule has 2 aliphatic rings. The van der Waals surface area contributed by atoms with Gasteiger partial charge in [-0.3, -0.25) is 4.79 Å². The highest BCUT2D eigenvalue weighted by Crippen LogP contribution is 2.42. The SMILES string of the molecule is CCCCN1C(=O)N=C2c3ccccc3N(C)C(=O)C21CCCC. The standard InChI is InChI=1S/C19H25N3O2/c1-4-6-12-19-16(20-18(24)22(19)13-7-5-2)14-10-8-9-11-15(14)21(3)17(19)23/h8-11H,4-7,12-13H2,1-3H3. The van der Waals surface area contributed by atoms with Crippen LogP contribution in [0.5, 0.6) is 0 Å². The quantitative estimate of drug-likeness (QED) is 0.801. The molecule has 128 valence electrons. The highest BCUT2D eigenvalue weighted by molar-refractivity contribution is 6.34. The number of hydrogen-bond donors (Lipinski definition) is 0. The van der Waals surface area contributed by atoms with E-state index in [1.54, 1.807) is 16.8 Å². The van der Waals surface area contributed by atoms with Gasteiger partial charge in [-0.25, -0.2) is 4.79 Å². The first-order chi connectivity index (χ1) is 11.6. The van der Waals surface area contributed by atoms with Gasteiger partial charge in [0, 0.05) is 19.2 Å². The van der Waals surface area contributed by atoms with Crippen molar-refractivity contribution in [3.05, 3.63) is 29.8 Å². The van der Waals surface area contributed by atoms with Crippen molar-refractivity contribution in [3.8, 4) is 0 Å². The van der Waals surface area contributed by atoms with E-state index < -0.39 is 5.54 Å². The van der Waals surface area contributed by atoms with Crippen LogP contribution in [0.15, 0.2) is 29.3 Å². The topological polar surface area (TPSA) is 53.0 Å². The van der Waals surface area contributed by atoms with Crippen LogP contribution in [0.25, 0.3) is 0 Å². The van der Waals surface area contributed by atoms with Gasteiger partial charge in [-0.1, -0.05) is 51.3 Å². The van der Waals surface area contributed by atoms with E-state index in [1.807, 2.05) is 24.3 Å². The number of fused-ring (bicyclic) bond motifs is 3. The Morgan fingerprint density at radius 2 is 1.79 bits per heavy atom. The molecule has 0 saturated heterocycles. The van der Waals surface area contributed by atoms with Gasteiger partial charge in [-0.15, -0.1) is 0 Å². The van der Waals surface area contributed by atoms with Crippen molar-refractivity contribution in [2.24, 2.45) is 4.99 Å². The second kappa shape index (κ2) is 6.38. The molecule has 0 bridgehead atoms. The maximum Gasteiger partial charge on any atom is 0.345 e. The van der Waals surface area contributed by atoms with Gasteiger partial charge in [0.25, 0.3) is 5.91 Å². The van der Waals surface area contributed by atoms with Gasteiger partial charge < -0.3 is 9.80 Å². The molecule has 0 saturated carbocycles. The zero-order chi connectivity index (χ0) is 17.3. The number of para-hydroxylation sites is 1. The predicted molar refractivity (Wildman–Crippen MR) is 95.7 cm³/mol. The number of likely N-dealkylation sites (N-methyl/N-ethyl adjacent to an activating group) is 1. The number of benzene rings is 1. The van der Waals surface area contributed by atoms with Crippen molar-refractivity contribution in [3.63, 3.8) is 0 Å². The lowest BCUT2D eigenvalue weighted by molar-refractivity contribution is -0.125. The van der Waals surface area contributed by atoms with Crippen LogP contribution >= 0.6 is 0 Å². The highest BCUT2D eigenvalue weighted by atomic mass is 16.2. The Balaban J connectivity index is 2.16. The number of aliphatic imine (C=N–C) groups is 1. The van der Waals surface area contributed by atoms with Crippen molar-refractivity contribution < 1.29 is 9.59 Å². The first-order valence-corrected chi connectivity index (χ1v) is 8.86. The van der Waals surface area contributed by atoms with Crippen LogP contribution in [-0.2, 0) is 4.79 Å². The molecular formula is C19H25N3O2. The fraction of sp³-hybridized carbons (Fsp3) is 0.526. The van der Waals surface area contributed by atoms with Gasteiger partial charge >= 0.3 is 6.03 Å². The van der Waals surface area contributed by atoms with Crippen molar-refractivity contribution in [2.45, 2.75) is 51.5 Å². The molecule has 5 heteroatoms. The number of urea groups is 1. The van der Waals surface area contributed by atoms with Gasteiger partial charge in [-0.05, 0) is 18.9 Å². The number of unbranched alkanes of at least 4 members (excludes halogenated alkanes) is 2. The zero-order valence-electron chi connectivity index (χ0n) is 14.7. The molecule has 0 spiro atoms. The monoisotopic (exact) mass is 327 g/mol. The second-order valence-corrected chi connectivity index (χ2v) is 6.59. The van der Waals surface area contributed by atoms with Gasteiger partial charge in [0.15, 0.2) is 5.54 Å². The van der Waals surface area contributed by atoms with Gasteiger partial charge in [0.1, 0.15) is 0 Å². The number of carbonyl (C=O) groups excluding carboxylic acids is 2. The molecule has 0 radical (unpaired) electrons. The molecule has 3 rings (SSSR count). The Morgan fingerprint density at radius 3 is 2.50 bits per heavy atom. The van der Waals surface area contributed by atoms with Crippen molar-refractivity contribution in [1.29, 1.82) is 0 Å². The smallest absolute Gasteiger partial charge is 0.312 e. The Labute approximate surface area is 143 Å². The van der Waals surface area contributed by atoms with Gasteiger partial charge in [0.05, 0.1) is 11.4 Å². The zero-order valence-corrected chi connectivity index (χ0v) is 14.7. The predicted octanol–water partition coefficient (Wildman–Crippen LogP) is 3.62. The number of rotatable bonds is 6. The Hall–Kier alpha value is -2.17. The fourth-order valence-corrected chi connectivity index (χ4v) is 3.79. The normalized spacial score (nSPS) is 22.5. The molecule has 2 aliphatic heterocycles. The summed E-state index contributed by atoms with van der Waals surface area (Å²) < 4.78 is 0. The van der Waals surface area contributed by atoms with Crippen LogP contribution in [0, 0.1) is 0 Å². The lowest BCUT2D eigenvalue weighted by Gasteiger charge is -2.44. The molecule has 0 N–H and O–H groups in total. The maximum atomic E-state index is 13.4. The van der Waals surface area contributed by atoms with Gasteiger partial charge in [0.2, 0.25) is 0 Å². The lowest BCUT2D eigenvalue weighted by Crippen LogP contribution is -2.64. The third kappa shape index (κ3) is 2.26. The van der Waals surface area contributed by atoms with Gasteiger partial charge in [-0.2, -0.15) is 4.99 Å². The summed E-state index contributed by atoms with van der Waals surface area (Å²) in [6.45, 7) is 4.77. The minimum atomic E-state index is -0.925. The van der Waals surface area contributed by atoms with Crippen LogP contribution in [0.2, 0.25) is 0 Å². The summed E-state index contributed by atoms with van der Waals surface area (Å²) in [5.74, 6) is -0.0321. The summed E-state index contributed by atoms with van der Waals surface area (Å²) in [7, 11) is 1.80. The van der Waals surface area contributed by atoms with Crippen molar-refractivity contribution in [1.82, 2.24) is 4.90 Å². The summed E-state index contributed by atoms with van der Waals surface area (Å²) >= 11 is 0. The lowest BCUT2D eigenvalue weighted by atomic mass is 9.78. The molecule has 1 aromatic carbocycles.